The SMILES string of the molecule is CC(C)(C)OC(=O)Nc1ccccc1NC(=O)c1ccc(CN(Cc2ccncc2)C(=O)NC2=COC=C(C3=CC=CCC3)O2)cc1. The number of nitrogens with zero attached hydrogens (tertiary/aromatic N) is 2. The largest absolute Gasteiger partial charge is 0.463 e. The second-order valence-electron chi connectivity index (χ2n) is 11.8. The maximum atomic E-state index is 13.5. The molecule has 2 heterocycles. The lowest BCUT2D eigenvalue weighted by molar-refractivity contribution is 0.0635. The second-order valence-corrected chi connectivity index (χ2v) is 11.8. The topological polar surface area (TPSA) is 131 Å². The summed E-state index contributed by atoms with van der Waals surface area (Å²) in [6, 6.07) is 17.1. The summed E-state index contributed by atoms with van der Waals surface area (Å²) in [7, 11) is 0. The molecule has 0 fully saturated rings. The highest BCUT2D eigenvalue weighted by molar-refractivity contribution is 6.06. The van der Waals surface area contributed by atoms with Gasteiger partial charge >= 0.3 is 12.1 Å². The Morgan fingerprint density at radius 2 is 1.55 bits per heavy atom. The normalized spacial score (nSPS) is 13.9. The van der Waals surface area contributed by atoms with E-state index in [9.17, 15) is 14.4 Å². The molecule has 1 aromatic heterocycles. The number of carbonyl (C=O) groups is 3. The third-order valence-corrected chi connectivity index (χ3v) is 6.94. The van der Waals surface area contributed by atoms with E-state index < -0.39 is 17.7 Å². The number of para-hydroxylation sites is 2. The van der Waals surface area contributed by atoms with Gasteiger partial charge in [-0.3, -0.25) is 20.4 Å². The summed E-state index contributed by atoms with van der Waals surface area (Å²) >= 11 is 0. The Morgan fingerprint density at radius 1 is 0.872 bits per heavy atom. The van der Waals surface area contributed by atoms with Gasteiger partial charge in [0.2, 0.25) is 5.88 Å². The minimum atomic E-state index is -0.667. The summed E-state index contributed by atoms with van der Waals surface area (Å²) in [5, 5.41) is 8.34. The fourth-order valence-electron chi connectivity index (χ4n) is 4.71. The first-order chi connectivity index (χ1) is 22.6. The molecule has 11 heteroatoms. The third kappa shape index (κ3) is 9.57. The molecule has 3 N–H and O–H groups in total. The van der Waals surface area contributed by atoms with Crippen molar-refractivity contribution in [2.75, 3.05) is 10.6 Å². The number of hydrogen-bond acceptors (Lipinski definition) is 7. The fraction of sp³-hybridized carbons (Fsp3) is 0.222. The maximum Gasteiger partial charge on any atom is 0.412 e. The number of allylic oxidation sites excluding steroid dienone is 4. The Hall–Kier alpha value is -5.84. The summed E-state index contributed by atoms with van der Waals surface area (Å²) in [5.41, 5.74) is 3.22. The van der Waals surface area contributed by atoms with Gasteiger partial charge in [0, 0.05) is 31.0 Å². The van der Waals surface area contributed by atoms with Gasteiger partial charge < -0.3 is 24.4 Å². The molecule has 47 heavy (non-hydrogen) atoms. The molecular formula is C36H37N5O6. The molecule has 242 valence electrons. The Morgan fingerprint density at radius 3 is 2.21 bits per heavy atom. The lowest BCUT2D eigenvalue weighted by Crippen LogP contribution is -2.39. The monoisotopic (exact) mass is 635 g/mol. The molecule has 0 saturated heterocycles. The molecule has 0 unspecified atom stereocenters. The lowest BCUT2D eigenvalue weighted by atomic mass is 10.0. The molecule has 2 aliphatic rings. The molecule has 0 bridgehead atoms. The maximum absolute atomic E-state index is 13.5. The smallest absolute Gasteiger partial charge is 0.412 e. The summed E-state index contributed by atoms with van der Waals surface area (Å²) in [6.45, 7) is 5.85. The number of anilines is 2. The molecule has 0 saturated carbocycles. The number of benzene rings is 2. The molecule has 1 aliphatic carbocycles. The second kappa shape index (κ2) is 15.0. The number of ether oxygens (including phenoxy) is 3. The average molecular weight is 636 g/mol. The molecule has 0 radical (unpaired) electrons. The van der Waals surface area contributed by atoms with Crippen LogP contribution in [0.5, 0.6) is 0 Å². The number of urea groups is 1. The van der Waals surface area contributed by atoms with Crippen molar-refractivity contribution in [2.24, 2.45) is 0 Å². The number of pyridine rings is 1. The van der Waals surface area contributed by atoms with Crippen LogP contribution in [0, 0.1) is 0 Å². The Balaban J connectivity index is 1.24. The van der Waals surface area contributed by atoms with E-state index in [0.717, 1.165) is 29.5 Å². The number of rotatable bonds is 9. The van der Waals surface area contributed by atoms with Crippen LogP contribution < -0.4 is 16.0 Å². The van der Waals surface area contributed by atoms with Crippen LogP contribution >= 0.6 is 0 Å². The van der Waals surface area contributed by atoms with Gasteiger partial charge in [-0.05, 0) is 86.7 Å². The number of hydrogen-bond donors (Lipinski definition) is 3. The highest BCUT2D eigenvalue weighted by atomic mass is 16.6. The van der Waals surface area contributed by atoms with Crippen molar-refractivity contribution < 1.29 is 28.6 Å². The molecule has 4 amide bonds. The molecule has 0 atom stereocenters. The van der Waals surface area contributed by atoms with Gasteiger partial charge in [0.05, 0.1) is 11.4 Å². The van der Waals surface area contributed by atoms with Crippen molar-refractivity contribution in [3.8, 4) is 0 Å². The fourth-order valence-corrected chi connectivity index (χ4v) is 4.71. The highest BCUT2D eigenvalue weighted by Crippen LogP contribution is 2.26. The Kier molecular flexibility index (Phi) is 10.4. The molecular weight excluding hydrogens is 598 g/mol. The minimum absolute atomic E-state index is 0.177. The van der Waals surface area contributed by atoms with Crippen LogP contribution in [0.1, 0.15) is 55.1 Å². The van der Waals surface area contributed by atoms with Crippen LogP contribution in [0.2, 0.25) is 0 Å². The number of carbonyl (C=O) groups excluding carboxylic acids is 3. The van der Waals surface area contributed by atoms with Gasteiger partial charge in [0.15, 0.2) is 12.0 Å². The molecule has 3 aromatic rings. The molecule has 2 aromatic carbocycles. The van der Waals surface area contributed by atoms with Crippen LogP contribution in [-0.2, 0) is 27.3 Å². The van der Waals surface area contributed by atoms with Gasteiger partial charge in [-0.25, -0.2) is 9.59 Å². The number of nitrogens with one attached hydrogen (secondary N) is 3. The number of amides is 4. The van der Waals surface area contributed by atoms with Crippen LogP contribution in [0.15, 0.2) is 121 Å². The van der Waals surface area contributed by atoms with Crippen molar-refractivity contribution >= 4 is 29.4 Å². The van der Waals surface area contributed by atoms with Crippen LogP contribution in [0.3, 0.4) is 0 Å². The molecule has 11 nitrogen and oxygen atoms in total. The zero-order valence-electron chi connectivity index (χ0n) is 26.5. The van der Waals surface area contributed by atoms with Gasteiger partial charge in [-0.1, -0.05) is 42.5 Å². The first kappa shape index (κ1) is 32.6. The molecule has 5 rings (SSSR count). The van der Waals surface area contributed by atoms with E-state index in [1.807, 2.05) is 24.3 Å². The van der Waals surface area contributed by atoms with Gasteiger partial charge in [-0.15, -0.1) is 0 Å². The molecule has 1 aliphatic heterocycles. The first-order valence-electron chi connectivity index (χ1n) is 15.2. The van der Waals surface area contributed by atoms with Crippen LogP contribution in [0.4, 0.5) is 21.0 Å². The zero-order chi connectivity index (χ0) is 33.2. The third-order valence-electron chi connectivity index (χ3n) is 6.94. The van der Waals surface area contributed by atoms with E-state index in [1.165, 1.54) is 12.5 Å². The van der Waals surface area contributed by atoms with Gasteiger partial charge in [0.1, 0.15) is 11.9 Å². The van der Waals surface area contributed by atoms with Gasteiger partial charge in [-0.2, -0.15) is 0 Å². The van der Waals surface area contributed by atoms with Crippen molar-refractivity contribution in [1.82, 2.24) is 15.2 Å². The Bertz CT molecular complexity index is 1720. The van der Waals surface area contributed by atoms with Crippen molar-refractivity contribution in [3.63, 3.8) is 0 Å². The van der Waals surface area contributed by atoms with E-state index >= 15 is 0 Å². The quantitative estimate of drug-likeness (QED) is 0.224. The predicted octanol–water partition coefficient (Wildman–Crippen LogP) is 7.36. The van der Waals surface area contributed by atoms with Crippen LogP contribution in [0.25, 0.3) is 0 Å². The predicted molar refractivity (Wildman–Crippen MR) is 178 cm³/mol. The summed E-state index contributed by atoms with van der Waals surface area (Å²) in [6.07, 6.45) is 13.3. The van der Waals surface area contributed by atoms with E-state index in [1.54, 1.807) is 86.6 Å². The molecule has 0 spiro atoms. The van der Waals surface area contributed by atoms with E-state index in [2.05, 4.69) is 27.0 Å². The van der Waals surface area contributed by atoms with Crippen molar-refractivity contribution in [1.29, 1.82) is 0 Å². The summed E-state index contributed by atoms with van der Waals surface area (Å²) < 4.78 is 16.7. The summed E-state index contributed by atoms with van der Waals surface area (Å²) in [5.74, 6) is 0.358. The van der Waals surface area contributed by atoms with Crippen LogP contribution in [-0.4, -0.2) is 33.5 Å². The summed E-state index contributed by atoms with van der Waals surface area (Å²) in [4.78, 5) is 44.7. The minimum Gasteiger partial charge on any atom is -0.463 e. The highest BCUT2D eigenvalue weighted by Gasteiger charge is 2.22. The van der Waals surface area contributed by atoms with Gasteiger partial charge in [0.25, 0.3) is 5.91 Å². The van der Waals surface area contributed by atoms with E-state index in [4.69, 9.17) is 14.2 Å². The number of aromatic nitrogens is 1. The Labute approximate surface area is 273 Å². The average Bonchev–Trinajstić information content (AvgIpc) is 3.06. The zero-order valence-corrected chi connectivity index (χ0v) is 26.5. The standard InChI is InChI=1S/C36H37N5O6/c1-36(2,3)47-35(44)39-30-12-8-7-11-29(30)38-33(42)28-15-13-25(14-16-28)21-41(22-26-17-19-37-20-18-26)34(43)40-32-24-45-23-31(46-32)27-9-5-4-6-10-27/h4-5,7-9,11-20,23-24H,6,10,21-22H2,1-3H3,(H,38,42)(H,39,44)(H,40,43). The van der Waals surface area contributed by atoms with E-state index in [-0.39, 0.29) is 18.3 Å². The van der Waals surface area contributed by atoms with Crippen molar-refractivity contribution in [2.45, 2.75) is 52.3 Å². The van der Waals surface area contributed by atoms with E-state index in [0.29, 0.717) is 29.2 Å². The first-order valence-corrected chi connectivity index (χ1v) is 15.2. The lowest BCUT2D eigenvalue weighted by Gasteiger charge is -2.25. The van der Waals surface area contributed by atoms with Crippen molar-refractivity contribution in [3.05, 3.63) is 138 Å².